The van der Waals surface area contributed by atoms with Crippen LogP contribution in [0.5, 0.6) is 0 Å². The van der Waals surface area contributed by atoms with Gasteiger partial charge in [-0.2, -0.15) is 5.10 Å². The van der Waals surface area contributed by atoms with Crippen LogP contribution < -0.4 is 5.32 Å². The fourth-order valence-electron chi connectivity index (χ4n) is 2.58. The average Bonchev–Trinajstić information content (AvgIpc) is 2.74. The number of carboxylic acids is 1. The predicted octanol–water partition coefficient (Wildman–Crippen LogP) is 1.43. The fraction of sp³-hybridized carbons (Fsp3) is 0.615. The third-order valence-electron chi connectivity index (χ3n) is 3.70. The van der Waals surface area contributed by atoms with Crippen molar-refractivity contribution in [1.29, 1.82) is 0 Å². The summed E-state index contributed by atoms with van der Waals surface area (Å²) in [4.78, 5) is 23.2. The number of rotatable bonds is 3. The standard InChI is InChI=1S/C13H19N3O3/c1-8-5-3-4-6-10(8)14-12(17)11-9(13(18)19)7-16(2)15-11/h7-8,10H,3-6H2,1-2H3,(H,14,17)(H,18,19)/t8-,10+/m1/s1. The van der Waals surface area contributed by atoms with E-state index in [4.69, 9.17) is 5.11 Å². The van der Waals surface area contributed by atoms with E-state index >= 15 is 0 Å². The van der Waals surface area contributed by atoms with Gasteiger partial charge in [0.2, 0.25) is 0 Å². The molecule has 6 heteroatoms. The van der Waals surface area contributed by atoms with E-state index in [-0.39, 0.29) is 17.3 Å². The number of aromatic nitrogens is 2. The van der Waals surface area contributed by atoms with Crippen molar-refractivity contribution in [3.05, 3.63) is 17.5 Å². The molecule has 0 aliphatic heterocycles. The highest BCUT2D eigenvalue weighted by Gasteiger charge is 2.27. The minimum atomic E-state index is -1.13. The smallest absolute Gasteiger partial charge is 0.339 e. The van der Waals surface area contributed by atoms with Gasteiger partial charge < -0.3 is 10.4 Å². The summed E-state index contributed by atoms with van der Waals surface area (Å²) >= 11 is 0. The highest BCUT2D eigenvalue weighted by atomic mass is 16.4. The first kappa shape index (κ1) is 13.6. The largest absolute Gasteiger partial charge is 0.478 e. The second-order valence-corrected chi connectivity index (χ2v) is 5.21. The zero-order valence-electron chi connectivity index (χ0n) is 11.2. The maximum Gasteiger partial charge on any atom is 0.339 e. The molecule has 1 aliphatic carbocycles. The molecule has 1 heterocycles. The van der Waals surface area contributed by atoms with E-state index < -0.39 is 11.9 Å². The van der Waals surface area contributed by atoms with E-state index in [0.717, 1.165) is 19.3 Å². The van der Waals surface area contributed by atoms with E-state index in [1.54, 1.807) is 7.05 Å². The van der Waals surface area contributed by atoms with Crippen LogP contribution >= 0.6 is 0 Å². The number of nitrogens with one attached hydrogen (secondary N) is 1. The van der Waals surface area contributed by atoms with Gasteiger partial charge in [-0.1, -0.05) is 19.8 Å². The molecule has 2 N–H and O–H groups in total. The Hall–Kier alpha value is -1.85. The van der Waals surface area contributed by atoms with Gasteiger partial charge in [0.05, 0.1) is 0 Å². The van der Waals surface area contributed by atoms with Gasteiger partial charge in [-0.15, -0.1) is 0 Å². The van der Waals surface area contributed by atoms with Crippen LogP contribution in [-0.4, -0.2) is 32.8 Å². The first-order chi connectivity index (χ1) is 8.99. The van der Waals surface area contributed by atoms with Crippen LogP contribution in [0.3, 0.4) is 0 Å². The van der Waals surface area contributed by atoms with Gasteiger partial charge in [0.15, 0.2) is 5.69 Å². The summed E-state index contributed by atoms with van der Waals surface area (Å²) in [7, 11) is 1.60. The SMILES string of the molecule is C[C@@H]1CCCC[C@@H]1NC(=O)c1nn(C)cc1C(=O)O. The molecular formula is C13H19N3O3. The van der Waals surface area contributed by atoms with Crippen molar-refractivity contribution >= 4 is 11.9 Å². The van der Waals surface area contributed by atoms with Gasteiger partial charge in [-0.3, -0.25) is 9.48 Å². The van der Waals surface area contributed by atoms with E-state index in [2.05, 4.69) is 17.3 Å². The number of nitrogens with zero attached hydrogens (tertiary/aromatic N) is 2. The van der Waals surface area contributed by atoms with Gasteiger partial charge in [0.1, 0.15) is 5.56 Å². The molecule has 19 heavy (non-hydrogen) atoms. The van der Waals surface area contributed by atoms with Crippen LogP contribution in [0.4, 0.5) is 0 Å². The number of hydrogen-bond donors (Lipinski definition) is 2. The second-order valence-electron chi connectivity index (χ2n) is 5.21. The van der Waals surface area contributed by atoms with Crippen molar-refractivity contribution in [3.8, 4) is 0 Å². The predicted molar refractivity (Wildman–Crippen MR) is 69.1 cm³/mol. The second kappa shape index (κ2) is 5.42. The van der Waals surface area contributed by atoms with Crippen LogP contribution in [-0.2, 0) is 7.05 Å². The molecule has 2 rings (SSSR count). The quantitative estimate of drug-likeness (QED) is 0.865. The van der Waals surface area contributed by atoms with Gasteiger partial charge in [-0.25, -0.2) is 4.79 Å². The van der Waals surface area contributed by atoms with Crippen molar-refractivity contribution in [1.82, 2.24) is 15.1 Å². The number of carboxylic acid groups (broad SMARTS) is 1. The van der Waals surface area contributed by atoms with Crippen LogP contribution in [0, 0.1) is 5.92 Å². The molecule has 1 aromatic heterocycles. The number of amides is 1. The lowest BCUT2D eigenvalue weighted by molar-refractivity contribution is 0.0689. The molecule has 1 saturated carbocycles. The third kappa shape index (κ3) is 2.94. The molecule has 6 nitrogen and oxygen atoms in total. The maximum absolute atomic E-state index is 12.1. The fourth-order valence-corrected chi connectivity index (χ4v) is 2.58. The molecule has 0 aromatic carbocycles. The Morgan fingerprint density at radius 3 is 2.74 bits per heavy atom. The van der Waals surface area contributed by atoms with Gasteiger partial charge in [-0.05, 0) is 18.8 Å². The molecule has 1 amide bonds. The summed E-state index contributed by atoms with van der Waals surface area (Å²) in [6, 6.07) is 0.116. The summed E-state index contributed by atoms with van der Waals surface area (Å²) in [5, 5.41) is 15.9. The molecule has 0 unspecified atom stereocenters. The molecular weight excluding hydrogens is 246 g/mol. The Balaban J connectivity index is 2.13. The Morgan fingerprint density at radius 2 is 2.11 bits per heavy atom. The molecule has 0 spiro atoms. The molecule has 0 radical (unpaired) electrons. The van der Waals surface area contributed by atoms with Crippen LogP contribution in [0.25, 0.3) is 0 Å². The average molecular weight is 265 g/mol. The number of aromatic carboxylic acids is 1. The monoisotopic (exact) mass is 265 g/mol. The third-order valence-corrected chi connectivity index (χ3v) is 3.70. The molecule has 1 aliphatic rings. The Morgan fingerprint density at radius 1 is 1.42 bits per heavy atom. The molecule has 2 atom stereocenters. The number of hydrogen-bond acceptors (Lipinski definition) is 3. The van der Waals surface area contributed by atoms with Crippen molar-refractivity contribution in [2.75, 3.05) is 0 Å². The summed E-state index contributed by atoms with van der Waals surface area (Å²) in [5.74, 6) is -1.10. The molecule has 0 saturated heterocycles. The van der Waals surface area contributed by atoms with Gasteiger partial charge in [0, 0.05) is 19.3 Å². The summed E-state index contributed by atoms with van der Waals surface area (Å²) in [6.45, 7) is 2.11. The molecule has 1 fully saturated rings. The highest BCUT2D eigenvalue weighted by molar-refractivity contribution is 6.03. The van der Waals surface area contributed by atoms with Crippen LogP contribution in [0.15, 0.2) is 6.20 Å². The zero-order valence-corrected chi connectivity index (χ0v) is 11.2. The normalized spacial score (nSPS) is 23.1. The molecule has 1 aromatic rings. The first-order valence-electron chi connectivity index (χ1n) is 6.57. The number of carbonyl (C=O) groups excluding carboxylic acids is 1. The van der Waals surface area contributed by atoms with Crippen molar-refractivity contribution < 1.29 is 14.7 Å². The molecule has 104 valence electrons. The van der Waals surface area contributed by atoms with Gasteiger partial charge in [0.25, 0.3) is 5.91 Å². The van der Waals surface area contributed by atoms with E-state index in [1.165, 1.54) is 17.3 Å². The van der Waals surface area contributed by atoms with Crippen LogP contribution in [0.2, 0.25) is 0 Å². The Kier molecular flexibility index (Phi) is 3.87. The van der Waals surface area contributed by atoms with E-state index in [1.807, 2.05) is 0 Å². The minimum absolute atomic E-state index is 0.00669. The lowest BCUT2D eigenvalue weighted by atomic mass is 9.86. The lowest BCUT2D eigenvalue weighted by Crippen LogP contribution is -2.41. The van der Waals surface area contributed by atoms with Crippen molar-refractivity contribution in [2.45, 2.75) is 38.6 Å². The lowest BCUT2D eigenvalue weighted by Gasteiger charge is -2.29. The topological polar surface area (TPSA) is 84.2 Å². The summed E-state index contributed by atoms with van der Waals surface area (Å²) < 4.78 is 1.35. The summed E-state index contributed by atoms with van der Waals surface area (Å²) in [5.41, 5.74) is -0.0590. The maximum atomic E-state index is 12.1. The minimum Gasteiger partial charge on any atom is -0.478 e. The van der Waals surface area contributed by atoms with E-state index in [9.17, 15) is 9.59 Å². The molecule has 0 bridgehead atoms. The number of aryl methyl sites for hydroxylation is 1. The first-order valence-corrected chi connectivity index (χ1v) is 6.57. The Labute approximate surface area is 111 Å². The van der Waals surface area contributed by atoms with Crippen molar-refractivity contribution in [3.63, 3.8) is 0 Å². The van der Waals surface area contributed by atoms with Crippen LogP contribution in [0.1, 0.15) is 53.5 Å². The Bertz CT molecular complexity index is 495. The van der Waals surface area contributed by atoms with Crippen molar-refractivity contribution in [2.24, 2.45) is 13.0 Å². The highest BCUT2D eigenvalue weighted by Crippen LogP contribution is 2.24. The van der Waals surface area contributed by atoms with Gasteiger partial charge >= 0.3 is 5.97 Å². The van der Waals surface area contributed by atoms with E-state index in [0.29, 0.717) is 5.92 Å². The summed E-state index contributed by atoms with van der Waals surface area (Å²) in [6.07, 6.45) is 5.68. The zero-order chi connectivity index (χ0) is 14.0. The number of carbonyl (C=O) groups is 2.